The van der Waals surface area contributed by atoms with Crippen molar-refractivity contribution in [1.82, 2.24) is 9.55 Å². The summed E-state index contributed by atoms with van der Waals surface area (Å²) < 4.78 is 1.48. The molecule has 0 unspecified atom stereocenters. The number of hydrogen-bond donors (Lipinski definition) is 2. The molecule has 0 saturated heterocycles. The molecule has 0 fully saturated rings. The molecule has 3 rings (SSSR count). The Bertz CT molecular complexity index is 860. The van der Waals surface area contributed by atoms with Crippen LogP contribution in [0, 0.1) is 0 Å². The second kappa shape index (κ2) is 5.55. The Morgan fingerprint density at radius 1 is 1.14 bits per heavy atom. The summed E-state index contributed by atoms with van der Waals surface area (Å²) in [5, 5.41) is 1.14. The summed E-state index contributed by atoms with van der Waals surface area (Å²) in [5.41, 5.74) is 3.75. The fourth-order valence-electron chi connectivity index (χ4n) is 2.22. The number of halogens is 1. The molecule has 2 aromatic carbocycles. The van der Waals surface area contributed by atoms with Crippen LogP contribution >= 0.6 is 11.6 Å². The van der Waals surface area contributed by atoms with Gasteiger partial charge in [0.25, 0.3) is 5.56 Å². The van der Waals surface area contributed by atoms with Gasteiger partial charge in [0.1, 0.15) is 0 Å². The number of fused-ring (bicyclic) bond motifs is 1. The second-order valence-corrected chi connectivity index (χ2v) is 4.99. The molecule has 0 aliphatic carbocycles. The topological polar surface area (TPSA) is 72.9 Å². The lowest BCUT2D eigenvalue weighted by molar-refractivity contribution is 0.754. The van der Waals surface area contributed by atoms with Crippen molar-refractivity contribution in [3.63, 3.8) is 0 Å². The lowest BCUT2D eigenvalue weighted by Gasteiger charge is -2.13. The van der Waals surface area contributed by atoms with E-state index in [1.807, 2.05) is 24.3 Å². The van der Waals surface area contributed by atoms with Crippen LogP contribution < -0.4 is 16.8 Å². The van der Waals surface area contributed by atoms with Gasteiger partial charge in [0.05, 0.1) is 17.4 Å². The maximum Gasteiger partial charge on any atom is 0.263 e. The van der Waals surface area contributed by atoms with Gasteiger partial charge >= 0.3 is 0 Å². The average molecular weight is 301 g/mol. The summed E-state index contributed by atoms with van der Waals surface area (Å²) in [4.78, 5) is 17.0. The molecule has 0 spiro atoms. The van der Waals surface area contributed by atoms with E-state index in [-0.39, 0.29) is 5.56 Å². The molecule has 3 aromatic rings. The first-order chi connectivity index (χ1) is 10.2. The van der Waals surface area contributed by atoms with Gasteiger partial charge in [0.2, 0.25) is 5.95 Å². The molecule has 21 heavy (non-hydrogen) atoms. The highest BCUT2D eigenvalue weighted by Crippen LogP contribution is 2.18. The van der Waals surface area contributed by atoms with E-state index in [0.29, 0.717) is 28.4 Å². The van der Waals surface area contributed by atoms with Gasteiger partial charge in [-0.05, 0) is 23.8 Å². The number of para-hydroxylation sites is 1. The number of nitrogens with zero attached hydrogens (tertiary/aromatic N) is 2. The number of aromatic nitrogens is 2. The van der Waals surface area contributed by atoms with Gasteiger partial charge in [-0.25, -0.2) is 10.8 Å². The van der Waals surface area contributed by atoms with E-state index in [1.165, 1.54) is 4.57 Å². The molecule has 0 saturated carbocycles. The van der Waals surface area contributed by atoms with Gasteiger partial charge in [0, 0.05) is 5.02 Å². The Kier molecular flexibility index (Phi) is 3.60. The number of nitrogens with one attached hydrogen (secondary N) is 1. The summed E-state index contributed by atoms with van der Waals surface area (Å²) in [7, 11) is 0. The van der Waals surface area contributed by atoms with Gasteiger partial charge in [-0.3, -0.25) is 14.8 Å². The molecule has 3 N–H and O–H groups in total. The highest BCUT2D eigenvalue weighted by Gasteiger charge is 2.11. The smallest absolute Gasteiger partial charge is 0.263 e. The van der Waals surface area contributed by atoms with Crippen LogP contribution in [-0.4, -0.2) is 9.55 Å². The minimum atomic E-state index is -0.159. The largest absolute Gasteiger partial charge is 0.294 e. The normalized spacial score (nSPS) is 10.8. The molecule has 0 amide bonds. The molecular weight excluding hydrogens is 288 g/mol. The van der Waals surface area contributed by atoms with E-state index in [9.17, 15) is 4.79 Å². The zero-order valence-corrected chi connectivity index (χ0v) is 11.8. The van der Waals surface area contributed by atoms with E-state index in [1.54, 1.807) is 24.3 Å². The average Bonchev–Trinajstić information content (AvgIpc) is 2.52. The van der Waals surface area contributed by atoms with Crippen molar-refractivity contribution in [2.75, 3.05) is 5.43 Å². The van der Waals surface area contributed by atoms with Gasteiger partial charge < -0.3 is 0 Å². The van der Waals surface area contributed by atoms with Crippen molar-refractivity contribution in [3.8, 4) is 0 Å². The van der Waals surface area contributed by atoms with E-state index in [4.69, 9.17) is 17.4 Å². The van der Waals surface area contributed by atoms with Gasteiger partial charge in [-0.15, -0.1) is 0 Å². The minimum absolute atomic E-state index is 0.159. The van der Waals surface area contributed by atoms with Crippen LogP contribution in [0.25, 0.3) is 10.9 Å². The number of anilines is 1. The molecule has 106 valence electrons. The van der Waals surface area contributed by atoms with Crippen LogP contribution in [0.15, 0.2) is 53.3 Å². The highest BCUT2D eigenvalue weighted by atomic mass is 35.5. The molecule has 0 radical (unpaired) electrons. The number of nitrogens with two attached hydrogens (primary N) is 1. The Morgan fingerprint density at radius 2 is 1.86 bits per heavy atom. The SMILES string of the molecule is NNc1nc2ccccc2c(=O)n1Cc1ccccc1Cl. The number of hydrazine groups is 1. The molecule has 0 atom stereocenters. The van der Waals surface area contributed by atoms with Gasteiger partial charge in [0.15, 0.2) is 0 Å². The first kappa shape index (κ1) is 13.6. The third-order valence-electron chi connectivity index (χ3n) is 3.28. The predicted molar refractivity (Wildman–Crippen MR) is 84.4 cm³/mol. The minimum Gasteiger partial charge on any atom is -0.294 e. The van der Waals surface area contributed by atoms with Crippen molar-refractivity contribution < 1.29 is 0 Å². The summed E-state index contributed by atoms with van der Waals surface area (Å²) in [5.74, 6) is 5.80. The first-order valence-corrected chi connectivity index (χ1v) is 6.78. The standard InChI is InChI=1S/C15H13ClN4O/c16-12-7-3-1-5-10(12)9-20-14(21)11-6-2-4-8-13(11)18-15(20)19-17/h1-8H,9,17H2,(H,18,19). The van der Waals surface area contributed by atoms with Crippen molar-refractivity contribution >= 4 is 28.5 Å². The lowest BCUT2D eigenvalue weighted by atomic mass is 10.2. The fourth-order valence-corrected chi connectivity index (χ4v) is 2.42. The van der Waals surface area contributed by atoms with E-state index >= 15 is 0 Å². The highest BCUT2D eigenvalue weighted by molar-refractivity contribution is 6.31. The molecule has 1 heterocycles. The predicted octanol–water partition coefficient (Wildman–Crippen LogP) is 2.38. The van der Waals surface area contributed by atoms with Gasteiger partial charge in [-0.1, -0.05) is 41.9 Å². The van der Waals surface area contributed by atoms with Gasteiger partial charge in [-0.2, -0.15) is 0 Å². The summed E-state index contributed by atoms with van der Waals surface area (Å²) in [6.07, 6.45) is 0. The number of hydrogen-bond acceptors (Lipinski definition) is 4. The van der Waals surface area contributed by atoms with E-state index in [0.717, 1.165) is 5.56 Å². The maximum absolute atomic E-state index is 12.6. The Labute approximate surface area is 126 Å². The first-order valence-electron chi connectivity index (χ1n) is 6.40. The molecule has 0 aliphatic rings. The molecule has 0 bridgehead atoms. The Balaban J connectivity index is 2.20. The van der Waals surface area contributed by atoms with Crippen LogP contribution in [0.1, 0.15) is 5.56 Å². The monoisotopic (exact) mass is 300 g/mol. The molecule has 0 aliphatic heterocycles. The zero-order valence-electron chi connectivity index (χ0n) is 11.1. The van der Waals surface area contributed by atoms with Crippen molar-refractivity contribution in [3.05, 3.63) is 69.5 Å². The Hall–Kier alpha value is -2.37. The molecular formula is C15H13ClN4O. The fraction of sp³-hybridized carbons (Fsp3) is 0.0667. The quantitative estimate of drug-likeness (QED) is 0.575. The molecule has 1 aromatic heterocycles. The van der Waals surface area contributed by atoms with Crippen LogP contribution in [0.3, 0.4) is 0 Å². The third-order valence-corrected chi connectivity index (χ3v) is 3.65. The van der Waals surface area contributed by atoms with Crippen LogP contribution in [0.4, 0.5) is 5.95 Å². The summed E-state index contributed by atoms with van der Waals surface area (Å²) in [6, 6.07) is 14.5. The number of nitrogen functional groups attached to an aromatic ring is 1. The lowest BCUT2D eigenvalue weighted by Crippen LogP contribution is -2.27. The van der Waals surface area contributed by atoms with E-state index < -0.39 is 0 Å². The van der Waals surface area contributed by atoms with Crippen molar-refractivity contribution in [2.45, 2.75) is 6.54 Å². The number of rotatable bonds is 3. The summed E-state index contributed by atoms with van der Waals surface area (Å²) >= 11 is 6.15. The molecule has 5 nitrogen and oxygen atoms in total. The van der Waals surface area contributed by atoms with Crippen LogP contribution in [-0.2, 0) is 6.54 Å². The summed E-state index contributed by atoms with van der Waals surface area (Å²) in [6.45, 7) is 0.301. The van der Waals surface area contributed by atoms with Crippen LogP contribution in [0.2, 0.25) is 5.02 Å². The number of benzene rings is 2. The van der Waals surface area contributed by atoms with Crippen molar-refractivity contribution in [2.24, 2.45) is 5.84 Å². The second-order valence-electron chi connectivity index (χ2n) is 4.58. The molecule has 6 heteroatoms. The van der Waals surface area contributed by atoms with E-state index in [2.05, 4.69) is 10.4 Å². The van der Waals surface area contributed by atoms with Crippen molar-refractivity contribution in [1.29, 1.82) is 0 Å². The third kappa shape index (κ3) is 2.49. The zero-order chi connectivity index (χ0) is 14.8. The Morgan fingerprint density at radius 3 is 2.62 bits per heavy atom. The van der Waals surface area contributed by atoms with Crippen LogP contribution in [0.5, 0.6) is 0 Å². The maximum atomic E-state index is 12.6.